The Balaban J connectivity index is 2.12. The molecule has 0 radical (unpaired) electrons. The summed E-state index contributed by atoms with van der Waals surface area (Å²) in [5.74, 6) is -0.776. The SMILES string of the molecule is CC(C)=NN1C(N2CCNCC2)=Nc2cc(F)c(C(F)(F)F)cc2C1C. The molecule has 0 bridgehead atoms. The van der Waals surface area contributed by atoms with Crippen LogP contribution in [0.4, 0.5) is 23.2 Å². The van der Waals surface area contributed by atoms with Crippen molar-refractivity contribution in [3.8, 4) is 0 Å². The predicted molar refractivity (Wildman–Crippen MR) is 92.0 cm³/mol. The van der Waals surface area contributed by atoms with E-state index >= 15 is 0 Å². The summed E-state index contributed by atoms with van der Waals surface area (Å²) in [4.78, 5) is 6.48. The van der Waals surface area contributed by atoms with Crippen LogP contribution in [0.15, 0.2) is 22.2 Å². The third-order valence-corrected chi connectivity index (χ3v) is 4.37. The second kappa shape index (κ2) is 6.86. The van der Waals surface area contributed by atoms with Crippen molar-refractivity contribution < 1.29 is 17.6 Å². The van der Waals surface area contributed by atoms with Crippen molar-refractivity contribution >= 4 is 17.4 Å². The summed E-state index contributed by atoms with van der Waals surface area (Å²) in [6.07, 6.45) is -4.75. The number of guanidine groups is 1. The lowest BCUT2D eigenvalue weighted by molar-refractivity contribution is -0.140. The highest BCUT2D eigenvalue weighted by Crippen LogP contribution is 2.41. The smallest absolute Gasteiger partial charge is 0.338 e. The third kappa shape index (κ3) is 3.53. The minimum atomic E-state index is -4.75. The molecule has 1 aromatic rings. The zero-order valence-corrected chi connectivity index (χ0v) is 14.9. The van der Waals surface area contributed by atoms with Crippen LogP contribution in [-0.2, 0) is 6.18 Å². The van der Waals surface area contributed by atoms with E-state index in [-0.39, 0.29) is 5.69 Å². The molecule has 1 unspecified atom stereocenters. The van der Waals surface area contributed by atoms with Crippen LogP contribution in [0.3, 0.4) is 0 Å². The van der Waals surface area contributed by atoms with Crippen LogP contribution in [0, 0.1) is 5.82 Å². The summed E-state index contributed by atoms with van der Waals surface area (Å²) in [7, 11) is 0. The topological polar surface area (TPSA) is 43.2 Å². The van der Waals surface area contributed by atoms with E-state index < -0.39 is 23.6 Å². The largest absolute Gasteiger partial charge is 0.419 e. The van der Waals surface area contributed by atoms with Crippen LogP contribution < -0.4 is 5.32 Å². The fourth-order valence-electron chi connectivity index (χ4n) is 3.12. The molecule has 2 aliphatic rings. The van der Waals surface area contributed by atoms with Gasteiger partial charge in [0.1, 0.15) is 5.82 Å². The van der Waals surface area contributed by atoms with Crippen LogP contribution in [0.5, 0.6) is 0 Å². The van der Waals surface area contributed by atoms with Crippen LogP contribution in [0.25, 0.3) is 0 Å². The van der Waals surface area contributed by atoms with Crippen molar-refractivity contribution in [1.29, 1.82) is 0 Å². The minimum Gasteiger partial charge on any atom is -0.338 e. The summed E-state index contributed by atoms with van der Waals surface area (Å²) in [6, 6.07) is 1.22. The second-order valence-corrected chi connectivity index (χ2v) is 6.61. The maximum absolute atomic E-state index is 14.0. The molecule has 0 saturated carbocycles. The van der Waals surface area contributed by atoms with E-state index in [1.54, 1.807) is 11.9 Å². The van der Waals surface area contributed by atoms with Gasteiger partial charge in [0.2, 0.25) is 5.96 Å². The number of hydrazone groups is 1. The standard InChI is InChI=1S/C17H21F4N5/c1-10(2)24-26-11(3)12-8-13(17(19,20)21)14(18)9-15(12)23-16(26)25-6-4-22-5-7-25/h8-9,11,22H,4-7H2,1-3H3. The molecule has 2 heterocycles. The third-order valence-electron chi connectivity index (χ3n) is 4.37. The van der Waals surface area contributed by atoms with Crippen molar-refractivity contribution in [3.05, 3.63) is 29.1 Å². The van der Waals surface area contributed by atoms with Gasteiger partial charge < -0.3 is 10.2 Å². The molecule has 0 aliphatic carbocycles. The first kappa shape index (κ1) is 18.6. The minimum absolute atomic E-state index is 0.219. The van der Waals surface area contributed by atoms with Crippen molar-refractivity contribution in [2.75, 3.05) is 26.2 Å². The number of aliphatic imine (C=N–C) groups is 1. The quantitative estimate of drug-likeness (QED) is 0.607. The second-order valence-electron chi connectivity index (χ2n) is 6.61. The normalized spacial score (nSPS) is 20.6. The zero-order valence-electron chi connectivity index (χ0n) is 14.9. The summed E-state index contributed by atoms with van der Waals surface area (Å²) >= 11 is 0. The molecule has 1 atom stereocenters. The van der Waals surface area contributed by atoms with Crippen LogP contribution >= 0.6 is 0 Å². The lowest BCUT2D eigenvalue weighted by Crippen LogP contribution is -2.52. The molecular formula is C17H21F4N5. The number of nitrogens with zero attached hydrogens (tertiary/aromatic N) is 4. The average Bonchev–Trinajstić information content (AvgIpc) is 2.56. The van der Waals surface area contributed by atoms with Gasteiger partial charge in [-0.3, -0.25) is 0 Å². The number of halogens is 4. The molecule has 2 aliphatic heterocycles. The maximum atomic E-state index is 14.0. The van der Waals surface area contributed by atoms with Crippen molar-refractivity contribution in [2.45, 2.75) is 33.0 Å². The molecule has 142 valence electrons. The highest BCUT2D eigenvalue weighted by atomic mass is 19.4. The Morgan fingerprint density at radius 2 is 1.88 bits per heavy atom. The molecule has 0 amide bonds. The van der Waals surface area contributed by atoms with Gasteiger partial charge in [0.25, 0.3) is 0 Å². The van der Waals surface area contributed by atoms with Gasteiger partial charge in [0, 0.05) is 43.5 Å². The Bertz CT molecular complexity index is 746. The van der Waals surface area contributed by atoms with Crippen LogP contribution in [-0.4, -0.2) is 47.8 Å². The number of piperazine rings is 1. The number of fused-ring (bicyclic) bond motifs is 1. The molecule has 0 spiro atoms. The number of rotatable bonds is 1. The van der Waals surface area contributed by atoms with E-state index in [0.717, 1.165) is 30.9 Å². The number of hydrogen-bond donors (Lipinski definition) is 1. The molecule has 3 rings (SSSR count). The van der Waals surface area contributed by atoms with E-state index in [0.29, 0.717) is 24.6 Å². The average molecular weight is 371 g/mol. The van der Waals surface area contributed by atoms with Gasteiger partial charge in [-0.2, -0.15) is 18.3 Å². The van der Waals surface area contributed by atoms with E-state index in [1.807, 2.05) is 18.7 Å². The molecule has 1 saturated heterocycles. The maximum Gasteiger partial charge on any atom is 0.419 e. The van der Waals surface area contributed by atoms with Crippen molar-refractivity contribution in [1.82, 2.24) is 15.2 Å². The van der Waals surface area contributed by atoms with Gasteiger partial charge in [-0.15, -0.1) is 0 Å². The molecule has 1 N–H and O–H groups in total. The number of benzene rings is 1. The summed E-state index contributed by atoms with van der Waals surface area (Å²) in [6.45, 7) is 8.29. The highest BCUT2D eigenvalue weighted by Gasteiger charge is 2.38. The Morgan fingerprint density at radius 1 is 1.23 bits per heavy atom. The highest BCUT2D eigenvalue weighted by molar-refractivity contribution is 5.88. The predicted octanol–water partition coefficient (Wildman–Crippen LogP) is 3.51. The van der Waals surface area contributed by atoms with Gasteiger partial charge >= 0.3 is 6.18 Å². The molecule has 0 aromatic heterocycles. The lowest BCUT2D eigenvalue weighted by atomic mass is 10.00. The molecule has 1 aromatic carbocycles. The van der Waals surface area contributed by atoms with Gasteiger partial charge in [0.15, 0.2) is 0 Å². The number of hydrogen-bond acceptors (Lipinski definition) is 5. The molecule has 5 nitrogen and oxygen atoms in total. The van der Waals surface area contributed by atoms with Crippen LogP contribution in [0.1, 0.15) is 37.9 Å². The molecular weight excluding hydrogens is 350 g/mol. The number of nitrogens with one attached hydrogen (secondary N) is 1. The van der Waals surface area contributed by atoms with Crippen LogP contribution in [0.2, 0.25) is 0 Å². The molecule has 1 fully saturated rings. The Labute approximate surface area is 149 Å². The van der Waals surface area contributed by atoms with E-state index in [2.05, 4.69) is 15.4 Å². The van der Waals surface area contributed by atoms with Gasteiger partial charge in [-0.25, -0.2) is 14.4 Å². The fraction of sp³-hybridized carbons (Fsp3) is 0.529. The van der Waals surface area contributed by atoms with Crippen molar-refractivity contribution in [2.24, 2.45) is 10.1 Å². The zero-order chi connectivity index (χ0) is 19.1. The first-order valence-corrected chi connectivity index (χ1v) is 8.44. The van der Waals surface area contributed by atoms with Crippen molar-refractivity contribution in [3.63, 3.8) is 0 Å². The molecule has 9 heteroatoms. The summed E-state index contributed by atoms with van der Waals surface area (Å²) in [5.41, 5.74) is 0.00158. The van der Waals surface area contributed by atoms with Gasteiger partial charge in [-0.05, 0) is 26.8 Å². The Morgan fingerprint density at radius 3 is 2.46 bits per heavy atom. The van der Waals surface area contributed by atoms with E-state index in [1.165, 1.54) is 0 Å². The first-order chi connectivity index (χ1) is 12.2. The fourth-order valence-corrected chi connectivity index (χ4v) is 3.12. The van der Waals surface area contributed by atoms with E-state index in [4.69, 9.17) is 0 Å². The monoisotopic (exact) mass is 371 g/mol. The van der Waals surface area contributed by atoms with Gasteiger partial charge in [-0.1, -0.05) is 0 Å². The number of alkyl halides is 3. The molecule has 26 heavy (non-hydrogen) atoms. The van der Waals surface area contributed by atoms with E-state index in [9.17, 15) is 17.6 Å². The summed E-state index contributed by atoms with van der Waals surface area (Å²) in [5, 5.41) is 9.33. The first-order valence-electron chi connectivity index (χ1n) is 8.44. The Hall–Kier alpha value is -2.16. The summed E-state index contributed by atoms with van der Waals surface area (Å²) < 4.78 is 53.3. The van der Waals surface area contributed by atoms with Gasteiger partial charge in [0.05, 0.1) is 17.3 Å². The lowest BCUT2D eigenvalue weighted by Gasteiger charge is -2.40. The Kier molecular flexibility index (Phi) is 4.92.